The molecule has 24 heavy (non-hydrogen) atoms. The number of benzene rings is 2. The van der Waals surface area contributed by atoms with Gasteiger partial charge in [-0.05, 0) is 59.9 Å². The molecule has 128 valence electrons. The molecule has 1 unspecified atom stereocenters. The summed E-state index contributed by atoms with van der Waals surface area (Å²) in [6, 6.07) is 10.4. The predicted molar refractivity (Wildman–Crippen MR) is 104 cm³/mol. The Morgan fingerprint density at radius 3 is 2.54 bits per heavy atom. The van der Waals surface area contributed by atoms with Gasteiger partial charge in [0.2, 0.25) is 5.91 Å². The van der Waals surface area contributed by atoms with E-state index in [4.69, 9.17) is 5.73 Å². The Hall–Kier alpha value is -2.09. The van der Waals surface area contributed by atoms with Gasteiger partial charge in [-0.15, -0.1) is 0 Å². The molecule has 2 N–H and O–H groups in total. The van der Waals surface area contributed by atoms with Crippen molar-refractivity contribution in [1.82, 2.24) is 0 Å². The van der Waals surface area contributed by atoms with Crippen molar-refractivity contribution in [2.45, 2.75) is 58.8 Å². The van der Waals surface area contributed by atoms with E-state index in [-0.39, 0.29) is 5.91 Å². The Kier molecular flexibility index (Phi) is 6.60. The molecule has 0 radical (unpaired) electrons. The molecule has 2 aromatic carbocycles. The Bertz CT molecular complexity index is 730. The summed E-state index contributed by atoms with van der Waals surface area (Å²) in [5.41, 5.74) is 8.91. The van der Waals surface area contributed by atoms with Crippen LogP contribution in [-0.4, -0.2) is 5.91 Å². The highest BCUT2D eigenvalue weighted by Gasteiger charge is 2.20. The summed E-state index contributed by atoms with van der Waals surface area (Å²) in [5.74, 6) is 0.148. The van der Waals surface area contributed by atoms with E-state index >= 15 is 0 Å². The normalized spacial score (nSPS) is 12.8. The van der Waals surface area contributed by atoms with E-state index in [1.165, 1.54) is 5.56 Å². The number of allylic oxidation sites excluding steroid dienone is 2. The highest BCUT2D eigenvalue weighted by Crippen LogP contribution is 2.34. The van der Waals surface area contributed by atoms with Crippen molar-refractivity contribution in [2.75, 3.05) is 0 Å². The topological polar surface area (TPSA) is 43.1 Å². The first-order chi connectivity index (χ1) is 11.6. The van der Waals surface area contributed by atoms with Crippen LogP contribution in [-0.2, 0) is 6.42 Å². The van der Waals surface area contributed by atoms with Gasteiger partial charge in [-0.25, -0.2) is 0 Å². The lowest BCUT2D eigenvalue weighted by Gasteiger charge is -2.22. The molecule has 0 saturated heterocycles. The van der Waals surface area contributed by atoms with E-state index in [0.29, 0.717) is 11.5 Å². The number of amides is 1. The zero-order chi connectivity index (χ0) is 17.5. The standard InChI is InChI=1S/C22H29NO/c1-4-7-8-9-12-16(5-2)20-15-17-13-10-11-14-19(17)21(22(23)24)18(20)6-3/h7-8,10-11,13-16H,4-6,9,12H2,1-3H3,(H2,23,24). The van der Waals surface area contributed by atoms with Gasteiger partial charge in [0.15, 0.2) is 0 Å². The van der Waals surface area contributed by atoms with Crippen LogP contribution in [0.5, 0.6) is 0 Å². The third kappa shape index (κ3) is 3.87. The minimum Gasteiger partial charge on any atom is -0.366 e. The molecule has 0 aromatic heterocycles. The van der Waals surface area contributed by atoms with Crippen LogP contribution in [0.4, 0.5) is 0 Å². The van der Waals surface area contributed by atoms with Crippen LogP contribution in [0.1, 0.15) is 73.9 Å². The highest BCUT2D eigenvalue weighted by molar-refractivity contribution is 6.08. The lowest BCUT2D eigenvalue weighted by molar-refractivity contribution is 0.100. The number of carbonyl (C=O) groups excluding carboxylic acids is 1. The van der Waals surface area contributed by atoms with Crippen molar-refractivity contribution in [1.29, 1.82) is 0 Å². The molecule has 0 fully saturated rings. The summed E-state index contributed by atoms with van der Waals surface area (Å²) in [6.07, 6.45) is 9.67. The predicted octanol–water partition coefficient (Wildman–Crippen LogP) is 5.74. The largest absolute Gasteiger partial charge is 0.366 e. The van der Waals surface area contributed by atoms with Crippen molar-refractivity contribution in [3.63, 3.8) is 0 Å². The molecule has 0 spiro atoms. The summed E-state index contributed by atoms with van der Waals surface area (Å²) in [6.45, 7) is 6.50. The molecule has 0 aliphatic rings. The molecule has 2 nitrogen and oxygen atoms in total. The Morgan fingerprint density at radius 2 is 1.92 bits per heavy atom. The van der Waals surface area contributed by atoms with Gasteiger partial charge in [0, 0.05) is 0 Å². The maximum Gasteiger partial charge on any atom is 0.249 e. The lowest BCUT2D eigenvalue weighted by Crippen LogP contribution is -2.17. The van der Waals surface area contributed by atoms with E-state index in [1.807, 2.05) is 18.2 Å². The van der Waals surface area contributed by atoms with Gasteiger partial charge >= 0.3 is 0 Å². The third-order valence-electron chi connectivity index (χ3n) is 4.81. The minimum atomic E-state index is -0.314. The number of rotatable bonds is 8. The summed E-state index contributed by atoms with van der Waals surface area (Å²) >= 11 is 0. The first-order valence-corrected chi connectivity index (χ1v) is 9.13. The van der Waals surface area contributed by atoms with Crippen molar-refractivity contribution in [3.05, 3.63) is 59.2 Å². The molecule has 2 rings (SSSR count). The minimum absolute atomic E-state index is 0.314. The smallest absolute Gasteiger partial charge is 0.249 e. The van der Waals surface area contributed by atoms with Gasteiger partial charge in [-0.1, -0.05) is 63.3 Å². The molecule has 1 atom stereocenters. The molecule has 0 saturated carbocycles. The first-order valence-electron chi connectivity index (χ1n) is 9.13. The van der Waals surface area contributed by atoms with E-state index in [0.717, 1.165) is 48.4 Å². The van der Waals surface area contributed by atoms with Gasteiger partial charge in [0.25, 0.3) is 0 Å². The molecule has 2 heteroatoms. The fourth-order valence-corrected chi connectivity index (χ4v) is 3.60. The summed E-state index contributed by atoms with van der Waals surface area (Å²) < 4.78 is 0. The number of hydrogen-bond acceptors (Lipinski definition) is 1. The number of primary amides is 1. The molecular weight excluding hydrogens is 294 g/mol. The number of hydrogen-bond donors (Lipinski definition) is 1. The third-order valence-corrected chi connectivity index (χ3v) is 4.81. The van der Waals surface area contributed by atoms with E-state index in [2.05, 4.69) is 45.1 Å². The molecule has 1 amide bonds. The second-order valence-corrected chi connectivity index (χ2v) is 6.32. The lowest BCUT2D eigenvalue weighted by atomic mass is 9.83. The monoisotopic (exact) mass is 323 g/mol. The van der Waals surface area contributed by atoms with Crippen LogP contribution in [0.25, 0.3) is 10.8 Å². The molecule has 0 aliphatic heterocycles. The zero-order valence-electron chi connectivity index (χ0n) is 15.1. The molecule has 0 bridgehead atoms. The second-order valence-electron chi connectivity index (χ2n) is 6.32. The Morgan fingerprint density at radius 1 is 1.17 bits per heavy atom. The quantitative estimate of drug-likeness (QED) is 0.618. The van der Waals surface area contributed by atoms with Crippen LogP contribution < -0.4 is 5.73 Å². The number of carbonyl (C=O) groups is 1. The second kappa shape index (κ2) is 8.68. The van der Waals surface area contributed by atoms with Gasteiger partial charge in [0.1, 0.15) is 0 Å². The van der Waals surface area contributed by atoms with Crippen LogP contribution in [0.2, 0.25) is 0 Å². The SMILES string of the molecule is CCC=CCCC(CC)c1cc2ccccc2c(C(N)=O)c1CC. The number of fused-ring (bicyclic) bond motifs is 1. The fourth-order valence-electron chi connectivity index (χ4n) is 3.60. The average Bonchev–Trinajstić information content (AvgIpc) is 2.60. The Labute approximate surface area is 145 Å². The van der Waals surface area contributed by atoms with Crippen molar-refractivity contribution in [3.8, 4) is 0 Å². The van der Waals surface area contributed by atoms with Crippen molar-refractivity contribution >= 4 is 16.7 Å². The summed E-state index contributed by atoms with van der Waals surface area (Å²) in [5, 5.41) is 2.09. The maximum absolute atomic E-state index is 12.2. The van der Waals surface area contributed by atoms with Crippen molar-refractivity contribution in [2.24, 2.45) is 5.73 Å². The summed E-state index contributed by atoms with van der Waals surface area (Å²) in [7, 11) is 0. The highest BCUT2D eigenvalue weighted by atomic mass is 16.1. The molecule has 2 aromatic rings. The zero-order valence-corrected chi connectivity index (χ0v) is 15.1. The van der Waals surface area contributed by atoms with Crippen LogP contribution in [0, 0.1) is 0 Å². The van der Waals surface area contributed by atoms with Crippen LogP contribution >= 0.6 is 0 Å². The first kappa shape index (κ1) is 18.3. The average molecular weight is 323 g/mol. The molecule has 0 aliphatic carbocycles. The fraction of sp³-hybridized carbons (Fsp3) is 0.409. The Balaban J connectivity index is 2.55. The van der Waals surface area contributed by atoms with Gasteiger partial charge in [-0.3, -0.25) is 4.79 Å². The van der Waals surface area contributed by atoms with Gasteiger partial charge in [0.05, 0.1) is 5.56 Å². The van der Waals surface area contributed by atoms with Crippen molar-refractivity contribution < 1.29 is 4.79 Å². The van der Waals surface area contributed by atoms with Crippen LogP contribution in [0.3, 0.4) is 0 Å². The van der Waals surface area contributed by atoms with E-state index in [9.17, 15) is 4.79 Å². The number of nitrogens with two attached hydrogens (primary N) is 1. The van der Waals surface area contributed by atoms with E-state index in [1.54, 1.807) is 0 Å². The van der Waals surface area contributed by atoms with E-state index < -0.39 is 0 Å². The maximum atomic E-state index is 12.2. The van der Waals surface area contributed by atoms with Gasteiger partial charge < -0.3 is 5.73 Å². The molecular formula is C22H29NO. The molecule has 0 heterocycles. The van der Waals surface area contributed by atoms with Crippen LogP contribution in [0.15, 0.2) is 42.5 Å². The summed E-state index contributed by atoms with van der Waals surface area (Å²) in [4.78, 5) is 12.2. The van der Waals surface area contributed by atoms with Gasteiger partial charge in [-0.2, -0.15) is 0 Å².